The van der Waals surface area contributed by atoms with Crippen LogP contribution in [-0.4, -0.2) is 16.0 Å². The highest BCUT2D eigenvalue weighted by molar-refractivity contribution is 5.93. The fraction of sp³-hybridized carbons (Fsp3) is 0.0769. The predicted molar refractivity (Wildman–Crippen MR) is 66.0 cm³/mol. The summed E-state index contributed by atoms with van der Waals surface area (Å²) in [6, 6.07) is 8.02. The third-order valence-corrected chi connectivity index (χ3v) is 2.77. The van der Waals surface area contributed by atoms with Gasteiger partial charge in [0.05, 0.1) is 11.8 Å². The van der Waals surface area contributed by atoms with Crippen LogP contribution in [0.3, 0.4) is 0 Å². The number of carbonyl (C=O) groups excluding carboxylic acids is 1. The number of H-pyrrole nitrogens is 1. The highest BCUT2D eigenvalue weighted by Crippen LogP contribution is 2.14. The van der Waals surface area contributed by atoms with Crippen molar-refractivity contribution in [3.8, 4) is 0 Å². The molecule has 0 unspecified atom stereocenters. The van der Waals surface area contributed by atoms with Gasteiger partial charge in [-0.15, -0.1) is 0 Å². The molecule has 3 aromatic rings. The first kappa shape index (κ1) is 10.6. The second-order valence-corrected chi connectivity index (χ2v) is 4.00. The summed E-state index contributed by atoms with van der Waals surface area (Å²) in [6.07, 6.45) is 4.61. The minimum Gasteiger partial charge on any atom is -0.364 e. The van der Waals surface area contributed by atoms with Crippen LogP contribution in [0.1, 0.15) is 15.9 Å². The van der Waals surface area contributed by atoms with Crippen molar-refractivity contribution >= 4 is 16.8 Å². The Morgan fingerprint density at radius 3 is 3.17 bits per heavy atom. The van der Waals surface area contributed by atoms with E-state index in [0.717, 1.165) is 16.5 Å². The minimum atomic E-state index is -0.189. The van der Waals surface area contributed by atoms with Crippen LogP contribution in [0.5, 0.6) is 0 Å². The van der Waals surface area contributed by atoms with Crippen molar-refractivity contribution in [1.29, 1.82) is 0 Å². The lowest BCUT2D eigenvalue weighted by Gasteiger charge is -2.03. The van der Waals surface area contributed by atoms with E-state index in [0.29, 0.717) is 12.1 Å². The molecule has 90 valence electrons. The molecule has 0 aliphatic carbocycles. The molecule has 5 nitrogen and oxygen atoms in total. The van der Waals surface area contributed by atoms with E-state index in [1.807, 2.05) is 30.5 Å². The minimum absolute atomic E-state index is 0.189. The number of carbonyl (C=O) groups is 1. The van der Waals surface area contributed by atoms with Crippen LogP contribution in [-0.2, 0) is 6.54 Å². The number of hydrogen-bond acceptors (Lipinski definition) is 3. The first-order chi connectivity index (χ1) is 8.83. The van der Waals surface area contributed by atoms with Crippen LogP contribution < -0.4 is 5.32 Å². The Labute approximate surface area is 103 Å². The quantitative estimate of drug-likeness (QED) is 0.737. The summed E-state index contributed by atoms with van der Waals surface area (Å²) in [5.74, 6) is -0.189. The second-order valence-electron chi connectivity index (χ2n) is 4.00. The van der Waals surface area contributed by atoms with Crippen LogP contribution in [0.15, 0.2) is 47.4 Å². The number of nitrogens with one attached hydrogen (secondary N) is 2. The van der Waals surface area contributed by atoms with E-state index >= 15 is 0 Å². The third-order valence-electron chi connectivity index (χ3n) is 2.77. The number of benzene rings is 1. The number of fused-ring (bicyclic) bond motifs is 1. The summed E-state index contributed by atoms with van der Waals surface area (Å²) in [5, 5.41) is 7.43. The number of amides is 1. The van der Waals surface area contributed by atoms with Gasteiger partial charge in [0.15, 0.2) is 0 Å². The van der Waals surface area contributed by atoms with Crippen LogP contribution >= 0.6 is 0 Å². The van der Waals surface area contributed by atoms with E-state index in [1.165, 1.54) is 12.5 Å². The molecule has 0 atom stereocenters. The maximum Gasteiger partial charge on any atom is 0.256 e. The van der Waals surface area contributed by atoms with Crippen LogP contribution in [0.4, 0.5) is 0 Å². The SMILES string of the molecule is O=C(NCc1ccc2[nH]ccc2c1)c1cnoc1. The van der Waals surface area contributed by atoms with E-state index in [2.05, 4.69) is 20.0 Å². The van der Waals surface area contributed by atoms with E-state index < -0.39 is 0 Å². The van der Waals surface area contributed by atoms with Gasteiger partial charge >= 0.3 is 0 Å². The van der Waals surface area contributed by atoms with Crippen LogP contribution in [0, 0.1) is 0 Å². The lowest BCUT2D eigenvalue weighted by Crippen LogP contribution is -2.22. The Balaban J connectivity index is 1.71. The highest BCUT2D eigenvalue weighted by Gasteiger charge is 2.07. The maximum atomic E-state index is 11.7. The van der Waals surface area contributed by atoms with Crippen molar-refractivity contribution in [2.24, 2.45) is 0 Å². The summed E-state index contributed by atoms with van der Waals surface area (Å²) < 4.78 is 4.62. The van der Waals surface area contributed by atoms with Crippen molar-refractivity contribution in [2.75, 3.05) is 0 Å². The maximum absolute atomic E-state index is 11.7. The summed E-state index contributed by atoms with van der Waals surface area (Å²) in [4.78, 5) is 14.8. The summed E-state index contributed by atoms with van der Waals surface area (Å²) in [7, 11) is 0. The molecule has 18 heavy (non-hydrogen) atoms. The molecule has 0 saturated carbocycles. The van der Waals surface area contributed by atoms with Gasteiger partial charge in [0.1, 0.15) is 6.26 Å². The Morgan fingerprint density at radius 1 is 1.39 bits per heavy atom. The molecule has 0 aliphatic rings. The zero-order chi connectivity index (χ0) is 12.4. The van der Waals surface area contributed by atoms with Gasteiger partial charge in [0.2, 0.25) is 0 Å². The fourth-order valence-corrected chi connectivity index (χ4v) is 1.81. The average Bonchev–Trinajstić information content (AvgIpc) is 3.05. The molecule has 0 aliphatic heterocycles. The highest BCUT2D eigenvalue weighted by atomic mass is 16.5. The summed E-state index contributed by atoms with van der Waals surface area (Å²) in [6.45, 7) is 0.477. The van der Waals surface area contributed by atoms with Crippen LogP contribution in [0.25, 0.3) is 10.9 Å². The Kier molecular flexibility index (Phi) is 2.57. The van der Waals surface area contributed by atoms with Gasteiger partial charge in [0, 0.05) is 18.3 Å². The van der Waals surface area contributed by atoms with Gasteiger partial charge in [-0.2, -0.15) is 0 Å². The smallest absolute Gasteiger partial charge is 0.256 e. The zero-order valence-corrected chi connectivity index (χ0v) is 9.51. The van der Waals surface area contributed by atoms with E-state index in [-0.39, 0.29) is 5.91 Å². The first-order valence-corrected chi connectivity index (χ1v) is 5.56. The van der Waals surface area contributed by atoms with Crippen molar-refractivity contribution in [3.63, 3.8) is 0 Å². The number of aromatic nitrogens is 2. The number of rotatable bonds is 3. The average molecular weight is 241 g/mol. The largest absolute Gasteiger partial charge is 0.364 e. The normalized spacial score (nSPS) is 10.7. The molecule has 1 aromatic carbocycles. The van der Waals surface area contributed by atoms with Gasteiger partial charge in [-0.1, -0.05) is 11.2 Å². The lowest BCUT2D eigenvalue weighted by atomic mass is 10.1. The Hall–Kier alpha value is -2.56. The topological polar surface area (TPSA) is 70.9 Å². The Bertz CT molecular complexity index is 670. The third kappa shape index (κ3) is 1.98. The van der Waals surface area contributed by atoms with E-state index in [1.54, 1.807) is 0 Å². The van der Waals surface area contributed by atoms with Gasteiger partial charge < -0.3 is 14.8 Å². The van der Waals surface area contributed by atoms with Gasteiger partial charge in [-0.25, -0.2) is 0 Å². The molecule has 0 fully saturated rings. The van der Waals surface area contributed by atoms with Gasteiger partial charge in [-0.3, -0.25) is 4.79 Å². The molecule has 2 aromatic heterocycles. The number of aromatic amines is 1. The van der Waals surface area contributed by atoms with Gasteiger partial charge in [0.25, 0.3) is 5.91 Å². The molecule has 2 heterocycles. The number of hydrogen-bond donors (Lipinski definition) is 2. The molecule has 0 bridgehead atoms. The molecule has 2 N–H and O–H groups in total. The van der Waals surface area contributed by atoms with E-state index in [4.69, 9.17) is 0 Å². The fourth-order valence-electron chi connectivity index (χ4n) is 1.81. The molecule has 0 spiro atoms. The second kappa shape index (κ2) is 4.37. The monoisotopic (exact) mass is 241 g/mol. The lowest BCUT2D eigenvalue weighted by molar-refractivity contribution is 0.0950. The first-order valence-electron chi connectivity index (χ1n) is 5.56. The van der Waals surface area contributed by atoms with Crippen LogP contribution in [0.2, 0.25) is 0 Å². The Morgan fingerprint density at radius 2 is 2.33 bits per heavy atom. The van der Waals surface area contributed by atoms with E-state index in [9.17, 15) is 4.79 Å². The van der Waals surface area contributed by atoms with Crippen molar-refractivity contribution < 1.29 is 9.32 Å². The molecular formula is C13H11N3O2. The van der Waals surface area contributed by atoms with Gasteiger partial charge in [-0.05, 0) is 29.1 Å². The molecule has 5 heteroatoms. The summed E-state index contributed by atoms with van der Waals surface area (Å²) in [5.41, 5.74) is 2.56. The molecule has 0 saturated heterocycles. The molecular weight excluding hydrogens is 230 g/mol. The van der Waals surface area contributed by atoms with Crippen molar-refractivity contribution in [2.45, 2.75) is 6.54 Å². The predicted octanol–water partition coefficient (Wildman–Crippen LogP) is 2.09. The molecule has 3 rings (SSSR count). The number of nitrogens with zero attached hydrogens (tertiary/aromatic N) is 1. The summed E-state index contributed by atoms with van der Waals surface area (Å²) >= 11 is 0. The van der Waals surface area contributed by atoms with Crippen molar-refractivity contribution in [3.05, 3.63) is 54.0 Å². The van der Waals surface area contributed by atoms with Crippen molar-refractivity contribution in [1.82, 2.24) is 15.5 Å². The standard InChI is InChI=1S/C13H11N3O2/c17-13(11-7-16-18-8-11)15-6-9-1-2-12-10(5-9)3-4-14-12/h1-5,7-8,14H,6H2,(H,15,17). The molecule has 1 amide bonds. The zero-order valence-electron chi connectivity index (χ0n) is 9.51. The molecule has 0 radical (unpaired) electrons.